The summed E-state index contributed by atoms with van der Waals surface area (Å²) in [5.41, 5.74) is 1.00. The standard InChI is InChI=1S/C7H4BrFI2/c8-3-4-1-5(9)7(11)2-6(4)10/h1-2H,3H2. The lowest BCUT2D eigenvalue weighted by Crippen LogP contribution is -1.89. The van der Waals surface area contributed by atoms with Gasteiger partial charge in [-0.25, -0.2) is 4.39 Å². The highest BCUT2D eigenvalue weighted by Crippen LogP contribution is 2.21. The van der Waals surface area contributed by atoms with Crippen LogP contribution in [0.25, 0.3) is 0 Å². The average molecular weight is 441 g/mol. The molecular formula is C7H4BrFI2. The zero-order valence-electron chi connectivity index (χ0n) is 5.37. The van der Waals surface area contributed by atoms with Crippen LogP contribution >= 0.6 is 61.1 Å². The minimum absolute atomic E-state index is 0.138. The van der Waals surface area contributed by atoms with E-state index in [0.717, 1.165) is 9.13 Å². The summed E-state index contributed by atoms with van der Waals surface area (Å²) in [6.45, 7) is 0. The molecule has 0 nitrogen and oxygen atoms in total. The predicted octanol–water partition coefficient (Wildman–Crippen LogP) is 3.93. The molecule has 60 valence electrons. The third-order valence-electron chi connectivity index (χ3n) is 1.23. The molecule has 1 aromatic carbocycles. The molecule has 0 radical (unpaired) electrons. The average Bonchev–Trinajstić information content (AvgIpc) is 1.97. The van der Waals surface area contributed by atoms with Crippen molar-refractivity contribution in [2.24, 2.45) is 0 Å². The zero-order chi connectivity index (χ0) is 8.43. The molecule has 0 aliphatic heterocycles. The number of alkyl halides is 1. The second-order valence-electron chi connectivity index (χ2n) is 1.99. The Hall–Kier alpha value is 1.09. The van der Waals surface area contributed by atoms with Gasteiger partial charge in [0.2, 0.25) is 0 Å². The van der Waals surface area contributed by atoms with Crippen LogP contribution in [0.2, 0.25) is 0 Å². The summed E-state index contributed by atoms with van der Waals surface area (Å²) in [6.07, 6.45) is 0. The predicted molar refractivity (Wildman–Crippen MR) is 64.5 cm³/mol. The Kier molecular flexibility index (Phi) is 4.03. The zero-order valence-corrected chi connectivity index (χ0v) is 11.3. The van der Waals surface area contributed by atoms with Crippen LogP contribution in [-0.2, 0) is 5.33 Å². The Morgan fingerprint density at radius 1 is 1.27 bits per heavy atom. The van der Waals surface area contributed by atoms with Crippen molar-refractivity contribution in [3.8, 4) is 0 Å². The lowest BCUT2D eigenvalue weighted by molar-refractivity contribution is 0.618. The van der Waals surface area contributed by atoms with Crippen molar-refractivity contribution < 1.29 is 4.39 Å². The van der Waals surface area contributed by atoms with Gasteiger partial charge in [-0.05, 0) is 62.9 Å². The summed E-state index contributed by atoms with van der Waals surface area (Å²) < 4.78 is 14.7. The molecule has 0 saturated heterocycles. The maximum absolute atomic E-state index is 12.9. The first-order chi connectivity index (χ1) is 5.15. The number of halogens is 4. The lowest BCUT2D eigenvalue weighted by Gasteiger charge is -2.01. The summed E-state index contributed by atoms with van der Waals surface area (Å²) in [5, 5.41) is 0.707. The molecule has 0 heterocycles. The van der Waals surface area contributed by atoms with E-state index in [0.29, 0.717) is 8.90 Å². The molecule has 0 atom stereocenters. The Balaban J connectivity index is 3.21. The molecule has 0 spiro atoms. The summed E-state index contributed by atoms with van der Waals surface area (Å²) in [6, 6.07) is 3.41. The van der Waals surface area contributed by atoms with Crippen LogP contribution < -0.4 is 0 Å². The molecule has 1 rings (SSSR count). The fourth-order valence-electron chi connectivity index (χ4n) is 0.666. The van der Waals surface area contributed by atoms with Crippen molar-refractivity contribution in [3.05, 3.63) is 30.7 Å². The van der Waals surface area contributed by atoms with E-state index in [1.807, 2.05) is 28.7 Å². The van der Waals surface area contributed by atoms with Gasteiger partial charge in [0.05, 0.1) is 0 Å². The van der Waals surface area contributed by atoms with E-state index >= 15 is 0 Å². The van der Waals surface area contributed by atoms with E-state index in [2.05, 4.69) is 38.5 Å². The first kappa shape index (κ1) is 10.2. The Labute approximate surface area is 100 Å². The van der Waals surface area contributed by atoms with Gasteiger partial charge >= 0.3 is 0 Å². The summed E-state index contributed by atoms with van der Waals surface area (Å²) in [4.78, 5) is 0. The molecule has 0 amide bonds. The van der Waals surface area contributed by atoms with Gasteiger partial charge in [-0.2, -0.15) is 0 Å². The molecule has 0 unspecified atom stereocenters. The SMILES string of the molecule is Fc1cc(CBr)c(I)cc1I. The van der Waals surface area contributed by atoms with Crippen LogP contribution in [0.1, 0.15) is 5.56 Å². The van der Waals surface area contributed by atoms with Gasteiger partial charge in [-0.15, -0.1) is 0 Å². The van der Waals surface area contributed by atoms with E-state index < -0.39 is 0 Å². The van der Waals surface area contributed by atoms with Gasteiger partial charge < -0.3 is 0 Å². The van der Waals surface area contributed by atoms with Gasteiger partial charge in [0.25, 0.3) is 0 Å². The topological polar surface area (TPSA) is 0 Å². The molecule has 0 saturated carbocycles. The Morgan fingerprint density at radius 2 is 1.91 bits per heavy atom. The van der Waals surface area contributed by atoms with Crippen LogP contribution in [0.15, 0.2) is 12.1 Å². The number of hydrogen-bond acceptors (Lipinski definition) is 0. The molecule has 11 heavy (non-hydrogen) atoms. The molecule has 0 aromatic heterocycles. The maximum Gasteiger partial charge on any atom is 0.136 e. The van der Waals surface area contributed by atoms with Crippen molar-refractivity contribution in [1.29, 1.82) is 0 Å². The normalized spacial score (nSPS) is 10.2. The van der Waals surface area contributed by atoms with Crippen LogP contribution in [0, 0.1) is 13.0 Å². The summed E-state index contributed by atoms with van der Waals surface area (Å²) in [5.74, 6) is -0.138. The van der Waals surface area contributed by atoms with Crippen LogP contribution in [0.3, 0.4) is 0 Å². The van der Waals surface area contributed by atoms with Crippen molar-refractivity contribution in [2.75, 3.05) is 0 Å². The first-order valence-corrected chi connectivity index (χ1v) is 6.12. The highest BCUT2D eigenvalue weighted by atomic mass is 127. The monoisotopic (exact) mass is 440 g/mol. The second-order valence-corrected chi connectivity index (χ2v) is 4.88. The van der Waals surface area contributed by atoms with Crippen molar-refractivity contribution in [3.63, 3.8) is 0 Å². The third-order valence-corrected chi connectivity index (χ3v) is 3.67. The van der Waals surface area contributed by atoms with Crippen molar-refractivity contribution in [2.45, 2.75) is 5.33 Å². The summed E-state index contributed by atoms with van der Waals surface area (Å²) >= 11 is 7.48. The molecule has 0 N–H and O–H groups in total. The van der Waals surface area contributed by atoms with Gasteiger partial charge in [0, 0.05) is 12.5 Å². The summed E-state index contributed by atoms with van der Waals surface area (Å²) in [7, 11) is 0. The van der Waals surface area contributed by atoms with E-state index in [1.165, 1.54) is 0 Å². The molecule has 0 aliphatic carbocycles. The van der Waals surface area contributed by atoms with E-state index in [9.17, 15) is 4.39 Å². The van der Waals surface area contributed by atoms with Crippen molar-refractivity contribution in [1.82, 2.24) is 0 Å². The number of hydrogen-bond donors (Lipinski definition) is 0. The van der Waals surface area contributed by atoms with E-state index in [1.54, 1.807) is 6.07 Å². The van der Waals surface area contributed by atoms with Crippen LogP contribution in [0.5, 0.6) is 0 Å². The Morgan fingerprint density at radius 3 is 2.45 bits per heavy atom. The van der Waals surface area contributed by atoms with E-state index in [4.69, 9.17) is 0 Å². The molecule has 0 aliphatic rings. The van der Waals surface area contributed by atoms with Gasteiger partial charge in [-0.1, -0.05) is 15.9 Å². The number of rotatable bonds is 1. The highest BCUT2D eigenvalue weighted by Gasteiger charge is 2.04. The first-order valence-electron chi connectivity index (χ1n) is 2.84. The largest absolute Gasteiger partial charge is 0.206 e. The molecular weight excluding hydrogens is 437 g/mol. The fraction of sp³-hybridized carbons (Fsp3) is 0.143. The molecule has 0 bridgehead atoms. The molecule has 1 aromatic rings. The van der Waals surface area contributed by atoms with E-state index in [-0.39, 0.29) is 5.82 Å². The smallest absolute Gasteiger partial charge is 0.136 e. The second kappa shape index (κ2) is 4.36. The molecule has 4 heteroatoms. The van der Waals surface area contributed by atoms with Gasteiger partial charge in [0.15, 0.2) is 0 Å². The minimum Gasteiger partial charge on any atom is -0.206 e. The Bertz CT molecular complexity index is 275. The third kappa shape index (κ3) is 2.51. The maximum atomic E-state index is 12.9. The minimum atomic E-state index is -0.138. The molecule has 0 fully saturated rings. The van der Waals surface area contributed by atoms with Gasteiger partial charge in [-0.3, -0.25) is 0 Å². The number of benzene rings is 1. The van der Waals surface area contributed by atoms with Crippen molar-refractivity contribution >= 4 is 61.1 Å². The van der Waals surface area contributed by atoms with Crippen LogP contribution in [-0.4, -0.2) is 0 Å². The highest BCUT2D eigenvalue weighted by molar-refractivity contribution is 14.1. The fourth-order valence-corrected chi connectivity index (χ4v) is 3.37. The lowest BCUT2D eigenvalue weighted by atomic mass is 10.2. The van der Waals surface area contributed by atoms with Crippen LogP contribution in [0.4, 0.5) is 4.39 Å². The van der Waals surface area contributed by atoms with Gasteiger partial charge in [0.1, 0.15) is 5.82 Å². The quantitative estimate of drug-likeness (QED) is 0.353.